The number of aromatic nitrogens is 3. The summed E-state index contributed by atoms with van der Waals surface area (Å²) in [5, 5.41) is 13.7. The summed E-state index contributed by atoms with van der Waals surface area (Å²) in [6.45, 7) is 0.519. The molecule has 4 nitrogen and oxygen atoms in total. The van der Waals surface area contributed by atoms with E-state index in [1.165, 1.54) is 12.4 Å². The average Bonchev–Trinajstić information content (AvgIpc) is 3.20. The second kappa shape index (κ2) is 6.51. The van der Waals surface area contributed by atoms with Gasteiger partial charge in [0, 0.05) is 6.54 Å². The van der Waals surface area contributed by atoms with Crippen molar-refractivity contribution < 1.29 is 13.2 Å². The van der Waals surface area contributed by atoms with Gasteiger partial charge in [-0.2, -0.15) is 29.6 Å². The van der Waals surface area contributed by atoms with E-state index < -0.39 is 17.8 Å². The number of alkyl halides is 3. The molecule has 2 N–H and O–H groups in total. The molecule has 0 saturated heterocycles. The van der Waals surface area contributed by atoms with Gasteiger partial charge in [-0.05, 0) is 40.1 Å². The van der Waals surface area contributed by atoms with Gasteiger partial charge in [0.05, 0.1) is 11.6 Å². The molecule has 120 valence electrons. The number of halogens is 3. The van der Waals surface area contributed by atoms with E-state index in [1.54, 1.807) is 17.4 Å². The number of aromatic amines is 1. The third-order valence-corrected chi connectivity index (χ3v) is 4.08. The van der Waals surface area contributed by atoms with Gasteiger partial charge in [0.15, 0.2) is 0 Å². The van der Waals surface area contributed by atoms with Gasteiger partial charge in [-0.3, -0.25) is 10.4 Å². The number of thiophene rings is 1. The topological polar surface area (TPSA) is 53.6 Å². The van der Waals surface area contributed by atoms with Gasteiger partial charge in [0.25, 0.3) is 0 Å². The summed E-state index contributed by atoms with van der Waals surface area (Å²) in [5.41, 5.74) is 0.857. The van der Waals surface area contributed by atoms with E-state index in [4.69, 9.17) is 0 Å². The molecule has 0 amide bonds. The molecular formula is C15H13F3N4S. The summed E-state index contributed by atoms with van der Waals surface area (Å²) in [7, 11) is 0. The summed E-state index contributed by atoms with van der Waals surface area (Å²) in [6.07, 6.45) is -3.04. The Morgan fingerprint density at radius 2 is 2.13 bits per heavy atom. The van der Waals surface area contributed by atoms with Gasteiger partial charge in [-0.1, -0.05) is 12.1 Å². The second-order valence-electron chi connectivity index (χ2n) is 4.94. The monoisotopic (exact) mass is 338 g/mol. The minimum absolute atomic E-state index is 0.472. The minimum atomic E-state index is -4.38. The molecule has 1 aromatic carbocycles. The van der Waals surface area contributed by atoms with Crippen LogP contribution in [0.25, 0.3) is 0 Å². The first-order valence-corrected chi connectivity index (χ1v) is 7.75. The Morgan fingerprint density at radius 1 is 1.26 bits per heavy atom. The summed E-state index contributed by atoms with van der Waals surface area (Å²) in [4.78, 5) is 4.08. The normalized spacial score (nSPS) is 13.2. The molecule has 0 spiro atoms. The van der Waals surface area contributed by atoms with Gasteiger partial charge < -0.3 is 0 Å². The number of H-pyrrole nitrogens is 1. The lowest BCUT2D eigenvalue weighted by molar-refractivity contribution is -0.137. The molecule has 0 bridgehead atoms. The number of rotatable bonds is 5. The van der Waals surface area contributed by atoms with Crippen LogP contribution in [-0.4, -0.2) is 15.2 Å². The predicted octanol–water partition coefficient (Wildman–Crippen LogP) is 3.76. The smallest absolute Gasteiger partial charge is 0.299 e. The van der Waals surface area contributed by atoms with Crippen molar-refractivity contribution in [1.29, 1.82) is 0 Å². The zero-order valence-electron chi connectivity index (χ0n) is 11.8. The van der Waals surface area contributed by atoms with Crippen molar-refractivity contribution in [1.82, 2.24) is 20.5 Å². The fraction of sp³-hybridized carbons (Fsp3) is 0.200. The number of hydrogen-bond acceptors (Lipinski definition) is 4. The number of nitrogens with zero attached hydrogens (tertiary/aromatic N) is 2. The van der Waals surface area contributed by atoms with Crippen LogP contribution in [-0.2, 0) is 12.7 Å². The molecule has 3 aromatic rings. The largest absolute Gasteiger partial charge is 0.416 e. The molecule has 23 heavy (non-hydrogen) atoms. The Bertz CT molecular complexity index is 738. The molecule has 3 rings (SSSR count). The quantitative estimate of drug-likeness (QED) is 0.745. The van der Waals surface area contributed by atoms with Crippen LogP contribution in [0, 0.1) is 0 Å². The summed E-state index contributed by atoms with van der Waals surface area (Å²) >= 11 is 1.57. The highest BCUT2D eigenvalue weighted by molar-refractivity contribution is 7.07. The summed E-state index contributed by atoms with van der Waals surface area (Å²) < 4.78 is 38.8. The Balaban J connectivity index is 1.89. The highest BCUT2D eigenvalue weighted by Gasteiger charge is 2.31. The lowest BCUT2D eigenvalue weighted by Gasteiger charge is -2.18. The maximum Gasteiger partial charge on any atom is 0.416 e. The third kappa shape index (κ3) is 3.77. The first kappa shape index (κ1) is 15.7. The zero-order chi connectivity index (χ0) is 16.3. The van der Waals surface area contributed by atoms with Gasteiger partial charge in [-0.25, -0.2) is 4.98 Å². The molecule has 0 radical (unpaired) electrons. The molecule has 0 unspecified atom stereocenters. The maximum atomic E-state index is 12.9. The van der Waals surface area contributed by atoms with Crippen molar-refractivity contribution in [2.45, 2.75) is 18.8 Å². The fourth-order valence-corrected chi connectivity index (χ4v) is 2.90. The van der Waals surface area contributed by atoms with E-state index >= 15 is 0 Å². The van der Waals surface area contributed by atoms with Crippen molar-refractivity contribution in [2.75, 3.05) is 0 Å². The SMILES string of the molecule is FC(F)(F)c1cccc([C@H](NCc2ccsc2)c2ncn[nH]2)c1. The number of nitrogens with one attached hydrogen (secondary N) is 2. The van der Waals surface area contributed by atoms with Crippen LogP contribution in [0.3, 0.4) is 0 Å². The Kier molecular flexibility index (Phi) is 4.44. The molecule has 0 fully saturated rings. The lowest BCUT2D eigenvalue weighted by Crippen LogP contribution is -2.23. The molecule has 2 aromatic heterocycles. The van der Waals surface area contributed by atoms with Crippen LogP contribution in [0.5, 0.6) is 0 Å². The molecule has 0 aliphatic carbocycles. The van der Waals surface area contributed by atoms with Gasteiger partial charge >= 0.3 is 6.18 Å². The van der Waals surface area contributed by atoms with Crippen LogP contribution >= 0.6 is 11.3 Å². The molecule has 2 heterocycles. The molecule has 8 heteroatoms. The molecule has 0 saturated carbocycles. The Hall–Kier alpha value is -2.19. The van der Waals surface area contributed by atoms with Crippen molar-refractivity contribution in [2.24, 2.45) is 0 Å². The molecule has 0 aliphatic rings. The van der Waals surface area contributed by atoms with E-state index in [1.807, 2.05) is 16.8 Å². The van der Waals surface area contributed by atoms with Crippen LogP contribution in [0.15, 0.2) is 47.4 Å². The summed E-state index contributed by atoms with van der Waals surface area (Å²) in [6, 6.07) is 6.69. The Morgan fingerprint density at radius 3 is 2.78 bits per heavy atom. The van der Waals surface area contributed by atoms with Gasteiger partial charge in [0.2, 0.25) is 0 Å². The number of benzene rings is 1. The van der Waals surface area contributed by atoms with Crippen molar-refractivity contribution in [3.8, 4) is 0 Å². The average molecular weight is 338 g/mol. The standard InChI is InChI=1S/C15H13F3N4S/c16-15(17,18)12-3-1-2-11(6-12)13(14-20-9-21-22-14)19-7-10-4-5-23-8-10/h1-6,8-9,13,19H,7H2,(H,20,21,22)/t13-/m0/s1. The predicted molar refractivity (Wildman–Crippen MR) is 80.8 cm³/mol. The van der Waals surface area contributed by atoms with Crippen molar-refractivity contribution >= 4 is 11.3 Å². The van der Waals surface area contributed by atoms with Crippen LogP contribution in [0.1, 0.15) is 28.6 Å². The highest BCUT2D eigenvalue weighted by atomic mass is 32.1. The molecule has 0 aliphatic heterocycles. The minimum Gasteiger partial charge on any atom is -0.299 e. The highest BCUT2D eigenvalue weighted by Crippen LogP contribution is 2.31. The fourth-order valence-electron chi connectivity index (χ4n) is 2.23. The van der Waals surface area contributed by atoms with Crippen LogP contribution in [0.4, 0.5) is 13.2 Å². The lowest BCUT2D eigenvalue weighted by atomic mass is 10.0. The Labute approximate surface area is 134 Å². The van der Waals surface area contributed by atoms with E-state index in [0.717, 1.165) is 17.7 Å². The van der Waals surface area contributed by atoms with E-state index in [9.17, 15) is 13.2 Å². The van der Waals surface area contributed by atoms with E-state index in [0.29, 0.717) is 17.9 Å². The van der Waals surface area contributed by atoms with E-state index in [-0.39, 0.29) is 0 Å². The molecular weight excluding hydrogens is 325 g/mol. The molecule has 1 atom stereocenters. The van der Waals surface area contributed by atoms with Crippen molar-refractivity contribution in [3.63, 3.8) is 0 Å². The second-order valence-corrected chi connectivity index (χ2v) is 5.72. The zero-order valence-corrected chi connectivity index (χ0v) is 12.7. The van der Waals surface area contributed by atoms with E-state index in [2.05, 4.69) is 20.5 Å². The first-order valence-electron chi connectivity index (χ1n) is 6.81. The van der Waals surface area contributed by atoms with Crippen LogP contribution in [0.2, 0.25) is 0 Å². The van der Waals surface area contributed by atoms with Crippen molar-refractivity contribution in [3.05, 3.63) is 69.9 Å². The van der Waals surface area contributed by atoms with Gasteiger partial charge in [0.1, 0.15) is 12.2 Å². The van der Waals surface area contributed by atoms with Gasteiger partial charge in [-0.15, -0.1) is 0 Å². The number of hydrogen-bond donors (Lipinski definition) is 2. The third-order valence-electron chi connectivity index (χ3n) is 3.34. The first-order chi connectivity index (χ1) is 11.0. The maximum absolute atomic E-state index is 12.9. The van der Waals surface area contributed by atoms with Crippen LogP contribution < -0.4 is 5.32 Å². The summed E-state index contributed by atoms with van der Waals surface area (Å²) in [5.74, 6) is 0.472.